The first-order chi connectivity index (χ1) is 8.98. The molecule has 0 N–H and O–H groups in total. The number of fused-ring (bicyclic) bond motifs is 1. The summed E-state index contributed by atoms with van der Waals surface area (Å²) in [6.45, 7) is 6.53. The van der Waals surface area contributed by atoms with Gasteiger partial charge < -0.3 is 4.74 Å². The molecule has 1 amide bonds. The van der Waals surface area contributed by atoms with E-state index in [1.54, 1.807) is 4.90 Å². The number of ether oxygens (including phenoxy) is 1. The molecule has 0 aliphatic carbocycles. The molecule has 1 aliphatic rings. The third-order valence-electron chi connectivity index (χ3n) is 3.77. The van der Waals surface area contributed by atoms with Crippen molar-refractivity contribution in [1.29, 1.82) is 0 Å². The van der Waals surface area contributed by atoms with Crippen molar-refractivity contribution in [3.05, 3.63) is 35.4 Å². The normalized spacial score (nSPS) is 18.3. The lowest BCUT2D eigenvalue weighted by Gasteiger charge is -2.30. The lowest BCUT2D eigenvalue weighted by atomic mass is 10.1. The Morgan fingerprint density at radius 1 is 1.47 bits per heavy atom. The quantitative estimate of drug-likeness (QED) is 0.790. The van der Waals surface area contributed by atoms with Crippen LogP contribution in [0.2, 0.25) is 6.04 Å². The fourth-order valence-corrected chi connectivity index (χ4v) is 2.68. The first-order valence-electron chi connectivity index (χ1n) is 6.70. The Kier molecular flexibility index (Phi) is 3.99. The summed E-state index contributed by atoms with van der Waals surface area (Å²) in [6.07, 6.45) is 0.573. The van der Waals surface area contributed by atoms with Gasteiger partial charge in [-0.15, -0.1) is 0 Å². The minimum absolute atomic E-state index is 0.0630. The summed E-state index contributed by atoms with van der Waals surface area (Å²) in [5.74, 6) is 0. The van der Waals surface area contributed by atoms with Crippen LogP contribution in [0.25, 0.3) is 0 Å². The number of benzene rings is 1. The van der Waals surface area contributed by atoms with Crippen LogP contribution in [0.3, 0.4) is 0 Å². The van der Waals surface area contributed by atoms with Crippen LogP contribution in [-0.4, -0.2) is 26.8 Å². The first kappa shape index (κ1) is 14.1. The SMILES string of the molecule is CCC(C)(C)OC(=O)N1Cc2ccccc2C1C[Si]. The van der Waals surface area contributed by atoms with E-state index >= 15 is 0 Å². The van der Waals surface area contributed by atoms with Crippen molar-refractivity contribution in [2.24, 2.45) is 0 Å². The fourth-order valence-electron chi connectivity index (χ4n) is 2.24. The molecule has 1 unspecified atom stereocenters. The average molecular weight is 274 g/mol. The third-order valence-corrected chi connectivity index (χ3v) is 4.16. The molecule has 0 bridgehead atoms. The van der Waals surface area contributed by atoms with E-state index in [4.69, 9.17) is 4.74 Å². The molecular formula is C15H20NO2Si. The molecule has 1 aliphatic heterocycles. The van der Waals surface area contributed by atoms with Crippen LogP contribution in [-0.2, 0) is 11.3 Å². The van der Waals surface area contributed by atoms with Gasteiger partial charge in [0.05, 0.1) is 6.04 Å². The Balaban J connectivity index is 2.17. The number of hydrogen-bond donors (Lipinski definition) is 0. The predicted molar refractivity (Wildman–Crippen MR) is 76.1 cm³/mol. The maximum Gasteiger partial charge on any atom is 0.411 e. The molecular weight excluding hydrogens is 254 g/mol. The summed E-state index contributed by atoms with van der Waals surface area (Å²) in [5, 5.41) is 0. The molecule has 0 saturated heterocycles. The monoisotopic (exact) mass is 274 g/mol. The van der Waals surface area contributed by atoms with Crippen LogP contribution >= 0.6 is 0 Å². The van der Waals surface area contributed by atoms with Crippen molar-refractivity contribution < 1.29 is 9.53 Å². The Morgan fingerprint density at radius 3 is 2.79 bits per heavy atom. The van der Waals surface area contributed by atoms with Gasteiger partial charge in [0.15, 0.2) is 0 Å². The second kappa shape index (κ2) is 5.37. The van der Waals surface area contributed by atoms with E-state index in [2.05, 4.69) is 22.4 Å². The highest BCUT2D eigenvalue weighted by molar-refractivity contribution is 6.09. The van der Waals surface area contributed by atoms with Gasteiger partial charge in [-0.3, -0.25) is 4.90 Å². The van der Waals surface area contributed by atoms with E-state index in [0.717, 1.165) is 12.5 Å². The van der Waals surface area contributed by atoms with Gasteiger partial charge in [-0.2, -0.15) is 0 Å². The van der Waals surface area contributed by atoms with Gasteiger partial charge in [0, 0.05) is 16.8 Å². The summed E-state index contributed by atoms with van der Waals surface area (Å²) in [5.41, 5.74) is 2.00. The highest BCUT2D eigenvalue weighted by Crippen LogP contribution is 2.36. The van der Waals surface area contributed by atoms with Gasteiger partial charge in [-0.1, -0.05) is 31.2 Å². The van der Waals surface area contributed by atoms with Crippen LogP contribution in [0.5, 0.6) is 0 Å². The molecule has 1 aromatic carbocycles. The van der Waals surface area contributed by atoms with E-state index in [1.165, 1.54) is 11.1 Å². The number of amides is 1. The molecule has 0 spiro atoms. The number of rotatable bonds is 3. The van der Waals surface area contributed by atoms with E-state index < -0.39 is 5.60 Å². The van der Waals surface area contributed by atoms with E-state index in [0.29, 0.717) is 6.54 Å². The first-order valence-corrected chi connectivity index (χ1v) is 7.41. The molecule has 101 valence electrons. The van der Waals surface area contributed by atoms with Crippen LogP contribution in [0.1, 0.15) is 44.4 Å². The predicted octanol–water partition coefficient (Wildman–Crippen LogP) is 3.46. The molecule has 0 saturated carbocycles. The molecule has 1 atom stereocenters. The molecule has 19 heavy (non-hydrogen) atoms. The minimum Gasteiger partial charge on any atom is -0.443 e. The molecule has 2 rings (SSSR count). The molecule has 3 radical (unpaired) electrons. The summed E-state index contributed by atoms with van der Waals surface area (Å²) in [4.78, 5) is 14.1. The number of carbonyl (C=O) groups is 1. The zero-order valence-corrected chi connectivity index (χ0v) is 12.8. The second-order valence-electron chi connectivity index (χ2n) is 5.53. The van der Waals surface area contributed by atoms with Crippen LogP contribution in [0.4, 0.5) is 4.79 Å². The summed E-state index contributed by atoms with van der Waals surface area (Å²) < 4.78 is 5.60. The van der Waals surface area contributed by atoms with Crippen LogP contribution in [0.15, 0.2) is 24.3 Å². The fraction of sp³-hybridized carbons (Fsp3) is 0.533. The van der Waals surface area contributed by atoms with Gasteiger partial charge in [-0.05, 0) is 37.4 Å². The van der Waals surface area contributed by atoms with Crippen LogP contribution < -0.4 is 0 Å². The van der Waals surface area contributed by atoms with E-state index in [-0.39, 0.29) is 12.1 Å². The maximum absolute atomic E-state index is 12.3. The van der Waals surface area contributed by atoms with Gasteiger partial charge in [0.2, 0.25) is 0 Å². The van der Waals surface area contributed by atoms with Crippen molar-refractivity contribution in [2.75, 3.05) is 0 Å². The number of carbonyl (C=O) groups excluding carboxylic acids is 1. The largest absolute Gasteiger partial charge is 0.443 e. The Labute approximate surface area is 118 Å². The van der Waals surface area contributed by atoms with E-state index in [1.807, 2.05) is 32.9 Å². The lowest BCUT2D eigenvalue weighted by Crippen LogP contribution is -2.36. The topological polar surface area (TPSA) is 29.5 Å². The number of hydrogen-bond acceptors (Lipinski definition) is 2. The van der Waals surface area contributed by atoms with Gasteiger partial charge in [-0.25, -0.2) is 4.79 Å². The molecule has 0 fully saturated rings. The smallest absolute Gasteiger partial charge is 0.411 e. The highest BCUT2D eigenvalue weighted by Gasteiger charge is 2.35. The van der Waals surface area contributed by atoms with Crippen molar-refractivity contribution in [3.63, 3.8) is 0 Å². The minimum atomic E-state index is -0.415. The van der Waals surface area contributed by atoms with Crippen molar-refractivity contribution in [1.82, 2.24) is 4.90 Å². The molecule has 0 aromatic heterocycles. The second-order valence-corrected chi connectivity index (χ2v) is 5.94. The summed E-state index contributed by atoms with van der Waals surface area (Å²) in [6, 6.07) is 8.96. The Morgan fingerprint density at radius 2 is 2.16 bits per heavy atom. The van der Waals surface area contributed by atoms with Gasteiger partial charge in [0.1, 0.15) is 5.60 Å². The van der Waals surface area contributed by atoms with Gasteiger partial charge >= 0.3 is 6.09 Å². The average Bonchev–Trinajstić information content (AvgIpc) is 2.76. The summed E-state index contributed by atoms with van der Waals surface area (Å²) in [7, 11) is 3.55. The zero-order valence-electron chi connectivity index (χ0n) is 11.8. The highest BCUT2D eigenvalue weighted by atomic mass is 28.1. The number of nitrogens with zero attached hydrogens (tertiary/aromatic N) is 1. The van der Waals surface area contributed by atoms with Crippen molar-refractivity contribution in [2.45, 2.75) is 51.4 Å². The van der Waals surface area contributed by atoms with Crippen molar-refractivity contribution in [3.8, 4) is 0 Å². The molecule has 1 heterocycles. The van der Waals surface area contributed by atoms with Crippen LogP contribution in [0, 0.1) is 0 Å². The molecule has 3 nitrogen and oxygen atoms in total. The lowest BCUT2D eigenvalue weighted by molar-refractivity contribution is 0.00584. The zero-order chi connectivity index (χ0) is 14.0. The van der Waals surface area contributed by atoms with Gasteiger partial charge in [0.25, 0.3) is 0 Å². The Hall–Kier alpha value is -1.29. The standard InChI is InChI=1S/C15H20NO2Si/c1-4-15(2,3)18-14(17)16-9-11-7-5-6-8-12(11)13(16)10-19/h5-8,13H,4,9-10H2,1-3H3. The van der Waals surface area contributed by atoms with Crippen molar-refractivity contribution >= 4 is 16.3 Å². The molecule has 1 aromatic rings. The summed E-state index contributed by atoms with van der Waals surface area (Å²) >= 11 is 0. The van der Waals surface area contributed by atoms with E-state index in [9.17, 15) is 4.79 Å². The Bertz CT molecular complexity index is 473. The third kappa shape index (κ3) is 2.83. The molecule has 4 heteroatoms. The maximum atomic E-state index is 12.3.